The van der Waals surface area contributed by atoms with Gasteiger partial charge in [-0.15, -0.1) is 0 Å². The van der Waals surface area contributed by atoms with Crippen molar-refractivity contribution in [1.29, 1.82) is 0 Å². The van der Waals surface area contributed by atoms with Crippen LogP contribution in [0.4, 0.5) is 0 Å². The fourth-order valence-electron chi connectivity index (χ4n) is 13.5. The van der Waals surface area contributed by atoms with Gasteiger partial charge in [0.1, 0.15) is 146 Å². The zero-order chi connectivity index (χ0) is 54.2. The molecular formula is C46H74O30. The van der Waals surface area contributed by atoms with E-state index in [2.05, 4.69) is 0 Å². The standard InChI is InChI=1S/C46H74O30/c47-7-16-33-22(53)27(58)40(64-16)71-34-17(8-48)66-42(29(60)24(34)55)73-36-19(10-50)68-44(31(62)26(36)57)75-38-21(12-52)69-45(32(63)39(38)76-46-4-13-1-14(5-46)3-15(2-13)6-46)74-37-20(11-51)67-43(30(61)25(37)56)72-35-18(9-49)65-41(70-33)28(59)23(35)54/h13-45,47-63H,1-12H2/t13?,14?,15?,16-,17-,18-,19-,20-,21-,22?,23?,24?,25?,26?,27?,28?,29?,30?,31?,32?,33-,34-,35-,36-,37-,38?,39?,40-,41-,42-,43-,44?,45-,46?/m1/s1. The summed E-state index contributed by atoms with van der Waals surface area (Å²) in [6.45, 7) is -5.74. The van der Waals surface area contributed by atoms with Crippen molar-refractivity contribution < 1.29 is 148 Å². The van der Waals surface area contributed by atoms with Crippen LogP contribution in [0.3, 0.4) is 0 Å². The van der Waals surface area contributed by atoms with Crippen molar-refractivity contribution >= 4 is 0 Å². The lowest BCUT2D eigenvalue weighted by atomic mass is 9.54. The van der Waals surface area contributed by atoms with Gasteiger partial charge in [0.05, 0.1) is 45.2 Å². The smallest absolute Gasteiger partial charge is 0.187 e. The second-order valence-electron chi connectivity index (χ2n) is 22.0. The van der Waals surface area contributed by atoms with Crippen LogP contribution in [-0.2, 0) is 61.6 Å². The van der Waals surface area contributed by atoms with Crippen LogP contribution in [0.25, 0.3) is 0 Å². The Morgan fingerprint density at radius 3 is 0.724 bits per heavy atom. The Kier molecular flexibility index (Phi) is 18.0. The van der Waals surface area contributed by atoms with E-state index in [1.165, 1.54) is 0 Å². The molecule has 0 aromatic heterocycles. The maximum atomic E-state index is 12.3. The molecule has 26 fully saturated rings. The van der Waals surface area contributed by atoms with Gasteiger partial charge >= 0.3 is 0 Å². The number of hydrogen-bond acceptors (Lipinski definition) is 30. The molecule has 4 aliphatic carbocycles. The number of rotatable bonds is 8. The molecular weight excluding hydrogens is 1030 g/mol. The molecule has 30 nitrogen and oxygen atoms in total. The van der Waals surface area contributed by atoms with E-state index >= 15 is 0 Å². The largest absolute Gasteiger partial charge is 0.394 e. The van der Waals surface area contributed by atoms with Gasteiger partial charge in [0, 0.05) is 0 Å². The zero-order valence-electron chi connectivity index (χ0n) is 40.9. The van der Waals surface area contributed by atoms with E-state index in [4.69, 9.17) is 61.6 Å². The molecule has 4 saturated carbocycles. The molecule has 0 aromatic rings. The third-order valence-corrected chi connectivity index (χ3v) is 17.0. The second kappa shape index (κ2) is 23.6. The van der Waals surface area contributed by atoms with Gasteiger partial charge in [0.15, 0.2) is 37.7 Å². The lowest BCUT2D eigenvalue weighted by Gasteiger charge is -2.58. The lowest BCUT2D eigenvalue weighted by molar-refractivity contribution is -0.408. The molecule has 0 amide bonds. The van der Waals surface area contributed by atoms with Crippen LogP contribution in [0, 0.1) is 17.8 Å². The fourth-order valence-corrected chi connectivity index (χ4v) is 13.5. The maximum Gasteiger partial charge on any atom is 0.187 e. The van der Waals surface area contributed by atoms with Crippen molar-refractivity contribution in [2.24, 2.45) is 17.8 Å². The molecule has 22 aliphatic heterocycles. The molecule has 0 radical (unpaired) electrons. The zero-order valence-corrected chi connectivity index (χ0v) is 40.9. The Balaban J connectivity index is 0.975. The molecule has 76 heavy (non-hydrogen) atoms. The Bertz CT molecular complexity index is 1850. The van der Waals surface area contributed by atoms with E-state index in [0.717, 1.165) is 19.3 Å². The maximum absolute atomic E-state index is 12.3. The molecule has 17 N–H and O–H groups in total. The first-order valence-electron chi connectivity index (χ1n) is 26.0. The summed E-state index contributed by atoms with van der Waals surface area (Å²) < 4.78 is 77.8. The van der Waals surface area contributed by atoms with Crippen LogP contribution >= 0.6 is 0 Å². The average Bonchev–Trinajstić information content (AvgIpc) is 3.40. The summed E-state index contributed by atoms with van der Waals surface area (Å²) in [6.07, 6.45) is -51.7. The first kappa shape index (κ1) is 58.0. The van der Waals surface area contributed by atoms with Gasteiger partial charge in [0.25, 0.3) is 0 Å². The van der Waals surface area contributed by atoms with E-state index in [0.29, 0.717) is 37.0 Å². The quantitative estimate of drug-likeness (QED) is 0.107. The molecule has 22 heterocycles. The number of aliphatic hydroxyl groups is 17. The summed E-state index contributed by atoms with van der Waals surface area (Å²) in [6, 6.07) is 0. The third kappa shape index (κ3) is 10.8. The van der Waals surface area contributed by atoms with Crippen molar-refractivity contribution in [3.8, 4) is 0 Å². The van der Waals surface area contributed by atoms with Crippen molar-refractivity contribution in [2.75, 3.05) is 39.6 Å². The predicted octanol–water partition coefficient (Wildman–Crippen LogP) is -10.1. The molecule has 30 atom stereocenters. The average molecular weight is 1110 g/mol. The Labute approximate surface area is 433 Å². The summed E-state index contributed by atoms with van der Waals surface area (Å²) in [5.74, 6) is 0.925. The predicted molar refractivity (Wildman–Crippen MR) is 236 cm³/mol. The van der Waals surface area contributed by atoms with Crippen molar-refractivity contribution in [1.82, 2.24) is 0 Å². The minimum Gasteiger partial charge on any atom is -0.394 e. The monoisotopic (exact) mass is 1110 g/mol. The molecule has 14 unspecified atom stereocenters. The highest BCUT2D eigenvalue weighted by Gasteiger charge is 2.61. The van der Waals surface area contributed by atoms with E-state index in [9.17, 15) is 86.8 Å². The van der Waals surface area contributed by atoms with Gasteiger partial charge in [-0.3, -0.25) is 0 Å². The lowest BCUT2D eigenvalue weighted by Crippen LogP contribution is -2.69. The normalized spacial score (nSPS) is 56.9. The van der Waals surface area contributed by atoms with Crippen LogP contribution in [0.1, 0.15) is 38.5 Å². The Hall–Kier alpha value is -1.20. The van der Waals surface area contributed by atoms with Crippen molar-refractivity contribution in [3.63, 3.8) is 0 Å². The van der Waals surface area contributed by atoms with E-state index < -0.39 is 229 Å². The Morgan fingerprint density at radius 2 is 0.487 bits per heavy atom. The first-order chi connectivity index (χ1) is 36.3. The highest BCUT2D eigenvalue weighted by Crippen LogP contribution is 2.58. The van der Waals surface area contributed by atoms with E-state index in [-0.39, 0.29) is 0 Å². The van der Waals surface area contributed by atoms with Crippen LogP contribution in [0.5, 0.6) is 0 Å². The fraction of sp³-hybridized carbons (Fsp3) is 1.00. The van der Waals surface area contributed by atoms with Crippen LogP contribution in [0.2, 0.25) is 0 Å². The summed E-state index contributed by atoms with van der Waals surface area (Å²) in [5, 5.41) is 190. The molecule has 30 heteroatoms. The second-order valence-corrected chi connectivity index (χ2v) is 22.0. The number of ether oxygens (including phenoxy) is 13. The molecule has 438 valence electrons. The van der Waals surface area contributed by atoms with E-state index in [1.807, 2.05) is 0 Å². The Morgan fingerprint density at radius 1 is 0.276 bits per heavy atom. The van der Waals surface area contributed by atoms with Gasteiger partial charge in [-0.1, -0.05) is 0 Å². The number of aliphatic hydroxyl groups excluding tert-OH is 17. The highest BCUT2D eigenvalue weighted by atomic mass is 16.8. The van der Waals surface area contributed by atoms with Crippen LogP contribution < -0.4 is 0 Å². The molecule has 0 aromatic carbocycles. The molecule has 16 bridgehead atoms. The van der Waals surface area contributed by atoms with Gasteiger partial charge < -0.3 is 148 Å². The van der Waals surface area contributed by atoms with Gasteiger partial charge in [-0.2, -0.15) is 0 Å². The van der Waals surface area contributed by atoms with Crippen molar-refractivity contribution in [3.05, 3.63) is 0 Å². The minimum atomic E-state index is -2.14. The third-order valence-electron chi connectivity index (χ3n) is 17.0. The minimum absolute atomic E-state index is 0.308. The van der Waals surface area contributed by atoms with Crippen LogP contribution in [0.15, 0.2) is 0 Å². The molecule has 0 spiro atoms. The molecule has 26 aliphatic rings. The van der Waals surface area contributed by atoms with E-state index in [1.54, 1.807) is 0 Å². The SMILES string of the molecule is OC[C@H]1O[C@@H]2O[C@H]3C(O)C(O)[C@H](O[C@@H]3CO)O[C@H]3C(O)C(O)[C@H](O[C@@H]3CO)O[C@H]3C(O)C(O)[C@H](O[C@@H]3CO)O[C@H]3C(O)C(O)[C@H](O[C@@H]3CO)O[C@H]3C(O)C(O)C(OC1C(OC14CC5CC(CC(C5)C1)C4)C2O)O[C@@H]3CO. The van der Waals surface area contributed by atoms with Gasteiger partial charge in [-0.25, -0.2) is 0 Å². The summed E-state index contributed by atoms with van der Waals surface area (Å²) >= 11 is 0. The summed E-state index contributed by atoms with van der Waals surface area (Å²) in [7, 11) is 0. The molecule has 26 rings (SSSR count). The van der Waals surface area contributed by atoms with Gasteiger partial charge in [-0.05, 0) is 56.3 Å². The topological polar surface area (TPSA) is 464 Å². The van der Waals surface area contributed by atoms with Gasteiger partial charge in [0.2, 0.25) is 0 Å². The van der Waals surface area contributed by atoms with Crippen LogP contribution in [-0.4, -0.2) is 316 Å². The molecule has 22 saturated heterocycles. The van der Waals surface area contributed by atoms with Crippen molar-refractivity contribution in [2.45, 2.75) is 228 Å². The summed E-state index contributed by atoms with van der Waals surface area (Å²) in [5.41, 5.74) is -0.822. The summed E-state index contributed by atoms with van der Waals surface area (Å²) in [4.78, 5) is 0. The highest BCUT2D eigenvalue weighted by molar-refractivity contribution is 5.07. The first-order valence-corrected chi connectivity index (χ1v) is 26.0. The number of hydrogen-bond donors (Lipinski definition) is 17.